The number of pyridine rings is 1. The first-order valence-corrected chi connectivity index (χ1v) is 6.24. The van der Waals surface area contributed by atoms with E-state index in [-0.39, 0.29) is 0 Å². The maximum atomic E-state index is 5.67. The molecule has 17 heavy (non-hydrogen) atoms. The first-order chi connectivity index (χ1) is 8.40. The summed E-state index contributed by atoms with van der Waals surface area (Å²) in [7, 11) is 1.61. The molecule has 1 aliphatic heterocycles. The summed E-state index contributed by atoms with van der Waals surface area (Å²) >= 11 is 0. The molecule has 1 fully saturated rings. The van der Waals surface area contributed by atoms with Crippen LogP contribution in [0.5, 0.6) is 11.6 Å². The van der Waals surface area contributed by atoms with Gasteiger partial charge in [0.25, 0.3) is 5.88 Å². The van der Waals surface area contributed by atoms with Crippen molar-refractivity contribution in [3.63, 3.8) is 0 Å². The van der Waals surface area contributed by atoms with E-state index in [9.17, 15) is 0 Å². The number of hydrogen-bond donors (Lipinski definition) is 0. The molecule has 0 bridgehead atoms. The van der Waals surface area contributed by atoms with Gasteiger partial charge in [-0.25, -0.2) is 4.98 Å². The average Bonchev–Trinajstić information content (AvgIpc) is 2.88. The van der Waals surface area contributed by atoms with Crippen molar-refractivity contribution in [3.8, 4) is 11.6 Å². The van der Waals surface area contributed by atoms with Crippen LogP contribution in [0.1, 0.15) is 19.3 Å². The summed E-state index contributed by atoms with van der Waals surface area (Å²) < 4.78 is 10.8. The van der Waals surface area contributed by atoms with E-state index < -0.39 is 0 Å². The maximum absolute atomic E-state index is 5.67. The quantitative estimate of drug-likeness (QED) is 0.707. The van der Waals surface area contributed by atoms with Gasteiger partial charge < -0.3 is 14.4 Å². The van der Waals surface area contributed by atoms with E-state index >= 15 is 0 Å². The molecule has 0 aromatic carbocycles. The molecule has 0 atom stereocenters. The number of ether oxygens (including phenoxy) is 2. The molecule has 1 aromatic rings. The molecule has 1 aliphatic rings. The van der Waals surface area contributed by atoms with E-state index in [4.69, 9.17) is 9.47 Å². The van der Waals surface area contributed by atoms with Gasteiger partial charge in [0.1, 0.15) is 0 Å². The summed E-state index contributed by atoms with van der Waals surface area (Å²) in [6, 6.07) is 3.75. The van der Waals surface area contributed by atoms with Gasteiger partial charge in [-0.15, -0.1) is 0 Å². The average molecular weight is 236 g/mol. The Morgan fingerprint density at radius 1 is 1.35 bits per heavy atom. The minimum atomic E-state index is 0.564. The normalized spacial score (nSPS) is 16.1. The van der Waals surface area contributed by atoms with Crippen molar-refractivity contribution in [2.75, 3.05) is 33.4 Å². The summed E-state index contributed by atoms with van der Waals surface area (Å²) in [5, 5.41) is 0. The summed E-state index contributed by atoms with van der Waals surface area (Å²) in [5.74, 6) is 1.30. The summed E-state index contributed by atoms with van der Waals surface area (Å²) in [6.07, 6.45) is 5.45. The Morgan fingerprint density at radius 2 is 2.18 bits per heavy atom. The Morgan fingerprint density at radius 3 is 2.94 bits per heavy atom. The van der Waals surface area contributed by atoms with Crippen LogP contribution in [0.25, 0.3) is 0 Å². The van der Waals surface area contributed by atoms with Crippen molar-refractivity contribution >= 4 is 0 Å². The largest absolute Gasteiger partial charge is 0.488 e. The number of likely N-dealkylation sites (tertiary alicyclic amines) is 1. The van der Waals surface area contributed by atoms with Crippen LogP contribution in [-0.4, -0.2) is 43.2 Å². The summed E-state index contributed by atoms with van der Waals surface area (Å²) in [5.41, 5.74) is 0. The molecule has 0 aliphatic carbocycles. The fraction of sp³-hybridized carbons (Fsp3) is 0.615. The fourth-order valence-corrected chi connectivity index (χ4v) is 2.12. The molecule has 0 unspecified atom stereocenters. The number of rotatable bonds is 6. The smallest absolute Gasteiger partial charge is 0.256 e. The molecule has 0 radical (unpaired) electrons. The van der Waals surface area contributed by atoms with E-state index in [1.165, 1.54) is 25.9 Å². The molecule has 2 rings (SSSR count). The number of methoxy groups -OCH3 is 1. The topological polar surface area (TPSA) is 34.6 Å². The SMILES string of the molecule is COc1ncccc1OCCCN1CCCC1. The van der Waals surface area contributed by atoms with Crippen LogP contribution in [0.15, 0.2) is 18.3 Å². The molecule has 0 saturated carbocycles. The molecule has 0 N–H and O–H groups in total. The van der Waals surface area contributed by atoms with Gasteiger partial charge in [-0.3, -0.25) is 0 Å². The van der Waals surface area contributed by atoms with Gasteiger partial charge in [0.05, 0.1) is 13.7 Å². The highest BCUT2D eigenvalue weighted by molar-refractivity contribution is 5.32. The van der Waals surface area contributed by atoms with Gasteiger partial charge in [-0.1, -0.05) is 0 Å². The lowest BCUT2D eigenvalue weighted by Gasteiger charge is -2.14. The Hall–Kier alpha value is -1.29. The minimum absolute atomic E-state index is 0.564. The Balaban J connectivity index is 1.70. The van der Waals surface area contributed by atoms with Gasteiger partial charge >= 0.3 is 0 Å². The maximum Gasteiger partial charge on any atom is 0.256 e. The summed E-state index contributed by atoms with van der Waals surface area (Å²) in [6.45, 7) is 4.34. The first kappa shape index (κ1) is 12.2. The lowest BCUT2D eigenvalue weighted by atomic mass is 10.4. The number of hydrogen-bond acceptors (Lipinski definition) is 4. The second-order valence-electron chi connectivity index (χ2n) is 4.26. The van der Waals surface area contributed by atoms with Gasteiger partial charge in [0, 0.05) is 12.7 Å². The standard InChI is InChI=1S/C13H20N2O2/c1-16-13-12(6-4-7-14-13)17-11-5-10-15-8-2-3-9-15/h4,6-7H,2-3,5,8-11H2,1H3. The highest BCUT2D eigenvalue weighted by Crippen LogP contribution is 2.22. The van der Waals surface area contributed by atoms with Crippen LogP contribution >= 0.6 is 0 Å². The van der Waals surface area contributed by atoms with Crippen LogP contribution in [0.4, 0.5) is 0 Å². The van der Waals surface area contributed by atoms with E-state index in [1.54, 1.807) is 13.3 Å². The van der Waals surface area contributed by atoms with Crippen LogP contribution in [-0.2, 0) is 0 Å². The lowest BCUT2D eigenvalue weighted by molar-refractivity contribution is 0.251. The third-order valence-corrected chi connectivity index (χ3v) is 3.00. The third-order valence-electron chi connectivity index (χ3n) is 3.00. The van der Waals surface area contributed by atoms with Crippen molar-refractivity contribution in [2.24, 2.45) is 0 Å². The van der Waals surface area contributed by atoms with Crippen molar-refractivity contribution in [3.05, 3.63) is 18.3 Å². The van der Waals surface area contributed by atoms with E-state index in [1.807, 2.05) is 12.1 Å². The lowest BCUT2D eigenvalue weighted by Crippen LogP contribution is -2.21. The molecule has 94 valence electrons. The molecule has 4 nitrogen and oxygen atoms in total. The zero-order chi connectivity index (χ0) is 11.9. The predicted octanol–water partition coefficient (Wildman–Crippen LogP) is 1.95. The Kier molecular flexibility index (Phi) is 4.62. The zero-order valence-electron chi connectivity index (χ0n) is 10.4. The molecule has 0 amide bonds. The fourth-order valence-electron chi connectivity index (χ4n) is 2.12. The predicted molar refractivity (Wildman–Crippen MR) is 66.6 cm³/mol. The first-order valence-electron chi connectivity index (χ1n) is 6.24. The van der Waals surface area contributed by atoms with E-state index in [2.05, 4.69) is 9.88 Å². The second-order valence-corrected chi connectivity index (χ2v) is 4.26. The molecule has 4 heteroatoms. The molecule has 1 saturated heterocycles. The van der Waals surface area contributed by atoms with E-state index in [0.29, 0.717) is 5.88 Å². The molecular formula is C13H20N2O2. The Labute approximate surface area is 103 Å². The van der Waals surface area contributed by atoms with Crippen LogP contribution < -0.4 is 9.47 Å². The highest BCUT2D eigenvalue weighted by atomic mass is 16.5. The second kappa shape index (κ2) is 6.45. The number of nitrogens with zero attached hydrogens (tertiary/aromatic N) is 2. The van der Waals surface area contributed by atoms with Crippen molar-refractivity contribution in [1.29, 1.82) is 0 Å². The van der Waals surface area contributed by atoms with Gasteiger partial charge in [-0.05, 0) is 44.5 Å². The van der Waals surface area contributed by atoms with Crippen molar-refractivity contribution in [2.45, 2.75) is 19.3 Å². The minimum Gasteiger partial charge on any atom is -0.488 e. The van der Waals surface area contributed by atoms with Gasteiger partial charge in [0.2, 0.25) is 0 Å². The monoisotopic (exact) mass is 236 g/mol. The van der Waals surface area contributed by atoms with Crippen LogP contribution in [0.2, 0.25) is 0 Å². The molecule has 2 heterocycles. The highest BCUT2D eigenvalue weighted by Gasteiger charge is 2.10. The van der Waals surface area contributed by atoms with E-state index in [0.717, 1.165) is 25.3 Å². The summed E-state index contributed by atoms with van der Waals surface area (Å²) in [4.78, 5) is 6.59. The zero-order valence-corrected chi connectivity index (χ0v) is 10.4. The molecule has 0 spiro atoms. The van der Waals surface area contributed by atoms with Gasteiger partial charge in [-0.2, -0.15) is 0 Å². The van der Waals surface area contributed by atoms with Crippen molar-refractivity contribution in [1.82, 2.24) is 9.88 Å². The van der Waals surface area contributed by atoms with Crippen molar-refractivity contribution < 1.29 is 9.47 Å². The molecule has 1 aromatic heterocycles. The third kappa shape index (κ3) is 3.60. The van der Waals surface area contributed by atoms with Gasteiger partial charge in [0.15, 0.2) is 5.75 Å². The van der Waals surface area contributed by atoms with Crippen LogP contribution in [0.3, 0.4) is 0 Å². The molecular weight excluding hydrogens is 216 g/mol. The van der Waals surface area contributed by atoms with Crippen LogP contribution in [0, 0.1) is 0 Å². The number of aromatic nitrogens is 1. The Bertz CT molecular complexity index is 338.